The van der Waals surface area contributed by atoms with E-state index < -0.39 is 0 Å². The predicted octanol–water partition coefficient (Wildman–Crippen LogP) is 0.894. The van der Waals surface area contributed by atoms with E-state index in [4.69, 9.17) is 4.74 Å². The fourth-order valence-electron chi connectivity index (χ4n) is 2.94. The van der Waals surface area contributed by atoms with Crippen molar-refractivity contribution in [2.24, 2.45) is 11.8 Å². The van der Waals surface area contributed by atoms with E-state index in [1.165, 1.54) is 16.2 Å². The number of aromatic nitrogens is 1. The van der Waals surface area contributed by atoms with Gasteiger partial charge < -0.3 is 4.74 Å². The van der Waals surface area contributed by atoms with Crippen LogP contribution in [0.4, 0.5) is 5.13 Å². The van der Waals surface area contributed by atoms with Crippen LogP contribution in [0.1, 0.15) is 4.88 Å². The van der Waals surface area contributed by atoms with Crippen molar-refractivity contribution in [2.75, 3.05) is 4.90 Å². The first-order valence-electron chi connectivity index (χ1n) is 5.81. The number of hydrogen-bond acceptors (Lipinski definition) is 5. The number of rotatable bonds is 1. The standard InChI is InChI=1S/C12H10N2O3S/c1-5-4-13-12(18-5)14-10(15)8-6-2-3-7(17-6)9(8)11(14)16/h2-4,6-9H,1H3/t6-,7+,8?,9?. The van der Waals surface area contributed by atoms with Gasteiger partial charge in [0.1, 0.15) is 0 Å². The molecule has 1 aromatic heterocycles. The Kier molecular flexibility index (Phi) is 1.89. The highest BCUT2D eigenvalue weighted by molar-refractivity contribution is 7.16. The quantitative estimate of drug-likeness (QED) is 0.557. The van der Waals surface area contributed by atoms with Crippen LogP contribution in [0.2, 0.25) is 0 Å². The van der Waals surface area contributed by atoms with Crippen molar-refractivity contribution in [1.82, 2.24) is 4.98 Å². The average molecular weight is 262 g/mol. The molecular weight excluding hydrogens is 252 g/mol. The van der Waals surface area contributed by atoms with Crippen LogP contribution in [0.5, 0.6) is 0 Å². The van der Waals surface area contributed by atoms with E-state index >= 15 is 0 Å². The molecule has 0 radical (unpaired) electrons. The van der Waals surface area contributed by atoms with Gasteiger partial charge in [-0.15, -0.1) is 11.3 Å². The molecule has 2 bridgehead atoms. The third-order valence-electron chi connectivity index (χ3n) is 3.71. The SMILES string of the molecule is Cc1cnc(N2C(=O)C3C(C2=O)[C@H]2C=C[C@@H]3O2)s1. The summed E-state index contributed by atoms with van der Waals surface area (Å²) in [5.41, 5.74) is 0. The van der Waals surface area contributed by atoms with E-state index in [0.717, 1.165) is 4.88 Å². The summed E-state index contributed by atoms with van der Waals surface area (Å²) >= 11 is 1.37. The molecule has 0 saturated carbocycles. The molecule has 0 aromatic carbocycles. The smallest absolute Gasteiger partial charge is 0.242 e. The number of ether oxygens (including phenoxy) is 1. The van der Waals surface area contributed by atoms with Crippen molar-refractivity contribution in [2.45, 2.75) is 19.1 Å². The number of aryl methyl sites for hydroxylation is 1. The molecule has 2 unspecified atom stereocenters. The maximum absolute atomic E-state index is 12.4. The van der Waals surface area contributed by atoms with Gasteiger partial charge in [-0.2, -0.15) is 0 Å². The first kappa shape index (κ1) is 10.4. The number of fused-ring (bicyclic) bond motifs is 5. The summed E-state index contributed by atoms with van der Waals surface area (Å²) in [6.07, 6.45) is 4.98. The first-order chi connectivity index (χ1) is 8.66. The summed E-state index contributed by atoms with van der Waals surface area (Å²) in [4.78, 5) is 31.1. The molecule has 4 rings (SSSR count). The summed E-state index contributed by atoms with van der Waals surface area (Å²) in [6.45, 7) is 1.90. The number of imide groups is 1. The summed E-state index contributed by atoms with van der Waals surface area (Å²) in [5.74, 6) is -1.04. The molecule has 18 heavy (non-hydrogen) atoms. The van der Waals surface area contributed by atoms with Crippen molar-refractivity contribution in [3.8, 4) is 0 Å². The molecule has 4 atom stereocenters. The average Bonchev–Trinajstić information content (AvgIpc) is 3.05. The lowest BCUT2D eigenvalue weighted by Gasteiger charge is -2.13. The minimum absolute atomic E-state index is 0.170. The summed E-state index contributed by atoms with van der Waals surface area (Å²) in [7, 11) is 0. The van der Waals surface area contributed by atoms with E-state index in [1.54, 1.807) is 6.20 Å². The summed E-state index contributed by atoms with van der Waals surface area (Å²) < 4.78 is 5.57. The molecule has 2 fully saturated rings. The van der Waals surface area contributed by atoms with Crippen LogP contribution < -0.4 is 4.90 Å². The van der Waals surface area contributed by atoms with Gasteiger partial charge in [-0.05, 0) is 6.92 Å². The number of anilines is 1. The highest BCUT2D eigenvalue weighted by Crippen LogP contribution is 2.46. The molecule has 1 aromatic rings. The van der Waals surface area contributed by atoms with Crippen LogP contribution in [0.3, 0.4) is 0 Å². The fraction of sp³-hybridized carbons (Fsp3) is 0.417. The second kappa shape index (κ2) is 3.27. The maximum Gasteiger partial charge on any atom is 0.242 e. The topological polar surface area (TPSA) is 59.5 Å². The zero-order chi connectivity index (χ0) is 12.4. The van der Waals surface area contributed by atoms with Gasteiger partial charge in [-0.3, -0.25) is 9.59 Å². The lowest BCUT2D eigenvalue weighted by atomic mass is 9.85. The molecule has 0 N–H and O–H groups in total. The Balaban J connectivity index is 1.76. The summed E-state index contributed by atoms with van der Waals surface area (Å²) in [6, 6.07) is 0. The normalized spacial score (nSPS) is 36.8. The van der Waals surface area contributed by atoms with Gasteiger partial charge in [-0.25, -0.2) is 9.88 Å². The largest absolute Gasteiger partial charge is 0.365 e. The minimum Gasteiger partial charge on any atom is -0.365 e. The van der Waals surface area contributed by atoms with Gasteiger partial charge in [-0.1, -0.05) is 12.2 Å². The maximum atomic E-state index is 12.4. The Morgan fingerprint density at radius 3 is 2.33 bits per heavy atom. The zero-order valence-corrected chi connectivity index (χ0v) is 10.4. The van der Waals surface area contributed by atoms with Crippen LogP contribution in [-0.4, -0.2) is 29.0 Å². The van der Waals surface area contributed by atoms with Crippen LogP contribution in [0, 0.1) is 18.8 Å². The van der Waals surface area contributed by atoms with Crippen molar-refractivity contribution in [3.63, 3.8) is 0 Å². The van der Waals surface area contributed by atoms with Gasteiger partial charge in [0.15, 0.2) is 5.13 Å². The monoisotopic (exact) mass is 262 g/mol. The van der Waals surface area contributed by atoms with Gasteiger partial charge in [0, 0.05) is 11.1 Å². The second-order valence-electron chi connectivity index (χ2n) is 4.77. The van der Waals surface area contributed by atoms with Crippen molar-refractivity contribution in [3.05, 3.63) is 23.2 Å². The lowest BCUT2D eigenvalue weighted by Crippen LogP contribution is -2.34. The Hall–Kier alpha value is -1.53. The van der Waals surface area contributed by atoms with Gasteiger partial charge >= 0.3 is 0 Å². The molecule has 2 amide bonds. The number of hydrogen-bond donors (Lipinski definition) is 0. The minimum atomic E-state index is -0.350. The molecule has 0 aliphatic carbocycles. The highest BCUT2D eigenvalue weighted by atomic mass is 32.1. The Labute approximate surface area is 107 Å². The molecule has 0 spiro atoms. The highest BCUT2D eigenvalue weighted by Gasteiger charge is 2.61. The Bertz CT molecular complexity index is 564. The molecule has 2 saturated heterocycles. The van der Waals surface area contributed by atoms with Gasteiger partial charge in [0.05, 0.1) is 24.0 Å². The molecule has 4 heterocycles. The van der Waals surface area contributed by atoms with Gasteiger partial charge in [0.25, 0.3) is 0 Å². The zero-order valence-electron chi connectivity index (χ0n) is 9.57. The third kappa shape index (κ3) is 1.12. The van der Waals surface area contributed by atoms with E-state index in [1.807, 2.05) is 19.1 Å². The predicted molar refractivity (Wildman–Crippen MR) is 64.1 cm³/mol. The Morgan fingerprint density at radius 1 is 1.22 bits per heavy atom. The second-order valence-corrected chi connectivity index (χ2v) is 5.98. The molecular formula is C12H10N2O3S. The van der Waals surface area contributed by atoms with E-state index in [0.29, 0.717) is 5.13 Å². The fourth-order valence-corrected chi connectivity index (χ4v) is 3.71. The van der Waals surface area contributed by atoms with Crippen molar-refractivity contribution in [1.29, 1.82) is 0 Å². The van der Waals surface area contributed by atoms with Crippen LogP contribution in [0.25, 0.3) is 0 Å². The molecule has 5 nitrogen and oxygen atoms in total. The van der Waals surface area contributed by atoms with E-state index in [2.05, 4.69) is 4.98 Å². The number of amides is 2. The molecule has 92 valence electrons. The molecule has 3 aliphatic rings. The lowest BCUT2D eigenvalue weighted by molar-refractivity contribution is -0.124. The van der Waals surface area contributed by atoms with E-state index in [-0.39, 0.29) is 35.9 Å². The number of thiazole rings is 1. The number of carbonyl (C=O) groups excluding carboxylic acids is 2. The summed E-state index contributed by atoms with van der Waals surface area (Å²) in [5, 5.41) is 0.483. The van der Waals surface area contributed by atoms with Crippen molar-refractivity contribution >= 4 is 28.3 Å². The van der Waals surface area contributed by atoms with Crippen LogP contribution in [-0.2, 0) is 14.3 Å². The number of nitrogens with zero attached hydrogens (tertiary/aromatic N) is 2. The van der Waals surface area contributed by atoms with Crippen LogP contribution >= 0.6 is 11.3 Å². The Morgan fingerprint density at radius 2 is 1.83 bits per heavy atom. The van der Waals surface area contributed by atoms with Crippen molar-refractivity contribution < 1.29 is 14.3 Å². The molecule has 3 aliphatic heterocycles. The first-order valence-corrected chi connectivity index (χ1v) is 6.62. The van der Waals surface area contributed by atoms with Crippen LogP contribution in [0.15, 0.2) is 18.3 Å². The number of carbonyl (C=O) groups is 2. The van der Waals surface area contributed by atoms with Gasteiger partial charge in [0.2, 0.25) is 11.8 Å². The van der Waals surface area contributed by atoms with E-state index in [9.17, 15) is 9.59 Å². The third-order valence-corrected chi connectivity index (χ3v) is 4.61. The molecule has 6 heteroatoms.